The monoisotopic (exact) mass is 431 g/mol. The third kappa shape index (κ3) is 6.99. The highest BCUT2D eigenvalue weighted by Crippen LogP contribution is 2.29. The molecule has 162 valence electrons. The van der Waals surface area contributed by atoms with Crippen LogP contribution in [0.3, 0.4) is 0 Å². The average molecular weight is 432 g/mol. The minimum Gasteiger partial charge on any atom is -0.493 e. The van der Waals surface area contributed by atoms with Gasteiger partial charge in [-0.25, -0.2) is 0 Å². The van der Waals surface area contributed by atoms with Crippen LogP contribution >= 0.6 is 11.6 Å². The number of allylic oxidation sites excluding steroid dienone is 1. The van der Waals surface area contributed by atoms with Gasteiger partial charge < -0.3 is 19.0 Å². The fourth-order valence-electron chi connectivity index (χ4n) is 2.91. The Morgan fingerprint density at radius 2 is 1.73 bits per heavy atom. The molecule has 0 saturated carbocycles. The van der Waals surface area contributed by atoms with E-state index in [0.29, 0.717) is 30.6 Å². The summed E-state index contributed by atoms with van der Waals surface area (Å²) in [7, 11) is 1.51. The molecule has 0 heterocycles. The largest absolute Gasteiger partial charge is 0.493 e. The summed E-state index contributed by atoms with van der Waals surface area (Å²) in [6.45, 7) is 9.51. The summed E-state index contributed by atoms with van der Waals surface area (Å²) in [4.78, 5) is 4.79. The molecule has 0 aromatic heterocycles. The predicted molar refractivity (Wildman–Crippen MR) is 123 cm³/mol. The molecule has 2 rings (SSSR count). The van der Waals surface area contributed by atoms with Crippen molar-refractivity contribution in [1.29, 1.82) is 0 Å². The summed E-state index contributed by atoms with van der Waals surface area (Å²) in [5.74, 6) is 2.38. The van der Waals surface area contributed by atoms with E-state index in [-0.39, 0.29) is 0 Å². The minimum absolute atomic E-state index is 0.507. The fourth-order valence-corrected chi connectivity index (χ4v) is 3.15. The second-order valence-electron chi connectivity index (χ2n) is 6.82. The van der Waals surface area contributed by atoms with Crippen LogP contribution in [-0.2, 0) is 4.84 Å². The molecule has 2 aromatic rings. The number of oxime groups is 1. The molecule has 6 heteroatoms. The zero-order chi connectivity index (χ0) is 21.9. The van der Waals surface area contributed by atoms with Crippen molar-refractivity contribution in [3.63, 3.8) is 0 Å². The highest BCUT2D eigenvalue weighted by Gasteiger charge is 2.08. The molecule has 0 aliphatic carbocycles. The molecule has 0 radical (unpaired) electrons. The molecule has 0 aliphatic rings. The maximum absolute atomic E-state index is 6.32. The van der Waals surface area contributed by atoms with E-state index in [1.54, 1.807) is 0 Å². The molecule has 0 spiro atoms. The van der Waals surface area contributed by atoms with Crippen LogP contribution in [0.2, 0.25) is 5.02 Å². The summed E-state index contributed by atoms with van der Waals surface area (Å²) in [6, 6.07) is 9.56. The third-order valence-corrected chi connectivity index (χ3v) is 4.68. The van der Waals surface area contributed by atoms with E-state index in [4.69, 9.17) is 30.6 Å². The molecule has 2 aromatic carbocycles. The molecule has 0 saturated heterocycles. The van der Waals surface area contributed by atoms with Crippen LogP contribution in [0.1, 0.15) is 37.0 Å². The summed E-state index contributed by atoms with van der Waals surface area (Å²) in [6.07, 6.45) is 4.68. The van der Waals surface area contributed by atoms with Crippen molar-refractivity contribution in [3.05, 3.63) is 64.2 Å². The third-order valence-electron chi connectivity index (χ3n) is 4.39. The molecule has 0 bridgehead atoms. The standard InChI is InChI=1S/C24H30ClNO4/c1-6-7-11-28-21-14-17(2)24(18(3)15-21)30-13-8-12-29-23-10-9-20(16-22(23)25)19(4)26-27-5/h6-7,9-10,14-16H,8,11-13H2,1-5H3/b7-6+,26-19?. The quantitative estimate of drug-likeness (QED) is 0.186. The second kappa shape index (κ2) is 12.1. The lowest BCUT2D eigenvalue weighted by molar-refractivity contribution is 0.213. The van der Waals surface area contributed by atoms with Gasteiger partial charge in [-0.2, -0.15) is 0 Å². The van der Waals surface area contributed by atoms with Gasteiger partial charge in [-0.1, -0.05) is 28.9 Å². The van der Waals surface area contributed by atoms with Gasteiger partial charge in [-0.15, -0.1) is 0 Å². The highest BCUT2D eigenvalue weighted by atomic mass is 35.5. The first-order valence-corrected chi connectivity index (χ1v) is 10.3. The van der Waals surface area contributed by atoms with E-state index in [0.717, 1.165) is 40.3 Å². The Labute approximate surface area is 184 Å². The Hall–Kier alpha value is -2.66. The Balaban J connectivity index is 1.83. The maximum Gasteiger partial charge on any atom is 0.137 e. The first-order chi connectivity index (χ1) is 14.5. The summed E-state index contributed by atoms with van der Waals surface area (Å²) < 4.78 is 17.5. The minimum atomic E-state index is 0.507. The van der Waals surface area contributed by atoms with Crippen LogP contribution in [-0.4, -0.2) is 32.6 Å². The van der Waals surface area contributed by atoms with Crippen LogP contribution in [0.5, 0.6) is 17.2 Å². The molecule has 0 atom stereocenters. The van der Waals surface area contributed by atoms with Crippen LogP contribution in [0.25, 0.3) is 0 Å². The summed E-state index contributed by atoms with van der Waals surface area (Å²) in [5, 5.41) is 4.45. The molecule has 30 heavy (non-hydrogen) atoms. The lowest BCUT2D eigenvalue weighted by atomic mass is 10.1. The fraction of sp³-hybridized carbons (Fsp3) is 0.375. The van der Waals surface area contributed by atoms with Gasteiger partial charge in [0.25, 0.3) is 0 Å². The van der Waals surface area contributed by atoms with Crippen LogP contribution < -0.4 is 14.2 Å². The maximum atomic E-state index is 6.32. The molecular weight excluding hydrogens is 402 g/mol. The van der Waals surface area contributed by atoms with Crippen molar-refractivity contribution in [2.75, 3.05) is 26.9 Å². The summed E-state index contributed by atoms with van der Waals surface area (Å²) in [5.41, 5.74) is 3.75. The van der Waals surface area contributed by atoms with E-state index in [1.165, 1.54) is 7.11 Å². The first-order valence-electron chi connectivity index (χ1n) is 9.94. The van der Waals surface area contributed by atoms with Gasteiger partial charge >= 0.3 is 0 Å². The van der Waals surface area contributed by atoms with E-state index >= 15 is 0 Å². The van der Waals surface area contributed by atoms with Gasteiger partial charge in [0.2, 0.25) is 0 Å². The number of rotatable bonds is 11. The Morgan fingerprint density at radius 1 is 1.03 bits per heavy atom. The Kier molecular flexibility index (Phi) is 9.55. The zero-order valence-corrected chi connectivity index (χ0v) is 19.1. The van der Waals surface area contributed by atoms with E-state index in [1.807, 2.05) is 70.2 Å². The first kappa shape index (κ1) is 23.6. The van der Waals surface area contributed by atoms with Crippen molar-refractivity contribution in [3.8, 4) is 17.2 Å². The van der Waals surface area contributed by atoms with Crippen molar-refractivity contribution >= 4 is 17.3 Å². The normalized spacial score (nSPS) is 11.6. The molecule has 0 aliphatic heterocycles. The number of ether oxygens (including phenoxy) is 3. The highest BCUT2D eigenvalue weighted by molar-refractivity contribution is 6.32. The van der Waals surface area contributed by atoms with E-state index in [9.17, 15) is 0 Å². The Bertz CT molecular complexity index is 870. The number of benzene rings is 2. The van der Waals surface area contributed by atoms with Crippen molar-refractivity contribution in [2.45, 2.75) is 34.1 Å². The smallest absolute Gasteiger partial charge is 0.137 e. The lowest BCUT2D eigenvalue weighted by Gasteiger charge is -2.15. The van der Waals surface area contributed by atoms with Crippen molar-refractivity contribution in [1.82, 2.24) is 0 Å². The predicted octanol–water partition coefficient (Wildman–Crippen LogP) is 6.13. The lowest BCUT2D eigenvalue weighted by Crippen LogP contribution is -2.07. The van der Waals surface area contributed by atoms with Gasteiger partial charge in [-0.05, 0) is 69.2 Å². The number of hydrogen-bond donors (Lipinski definition) is 0. The van der Waals surface area contributed by atoms with Gasteiger partial charge in [0.1, 0.15) is 31.0 Å². The van der Waals surface area contributed by atoms with Crippen LogP contribution in [0.4, 0.5) is 0 Å². The molecule has 5 nitrogen and oxygen atoms in total. The molecule has 0 unspecified atom stereocenters. The number of hydrogen-bond acceptors (Lipinski definition) is 5. The average Bonchev–Trinajstić information content (AvgIpc) is 2.71. The van der Waals surface area contributed by atoms with Gasteiger partial charge in [0, 0.05) is 12.0 Å². The van der Waals surface area contributed by atoms with Gasteiger partial charge in [0.05, 0.1) is 23.9 Å². The topological polar surface area (TPSA) is 49.3 Å². The van der Waals surface area contributed by atoms with Gasteiger partial charge in [-0.3, -0.25) is 0 Å². The molecular formula is C24H30ClNO4. The molecule has 0 fully saturated rings. The Morgan fingerprint density at radius 3 is 2.37 bits per heavy atom. The molecule has 0 N–H and O–H groups in total. The van der Waals surface area contributed by atoms with Crippen LogP contribution in [0.15, 0.2) is 47.6 Å². The van der Waals surface area contributed by atoms with Gasteiger partial charge in [0.15, 0.2) is 0 Å². The number of nitrogens with zero attached hydrogens (tertiary/aromatic N) is 1. The molecule has 0 amide bonds. The zero-order valence-electron chi connectivity index (χ0n) is 18.3. The summed E-state index contributed by atoms with van der Waals surface area (Å²) >= 11 is 6.32. The SMILES string of the molecule is C/C=C/COc1cc(C)c(OCCCOc2ccc(C(C)=NOC)cc2Cl)c(C)c1. The van der Waals surface area contributed by atoms with E-state index in [2.05, 4.69) is 5.16 Å². The second-order valence-corrected chi connectivity index (χ2v) is 7.23. The van der Waals surface area contributed by atoms with Crippen molar-refractivity contribution in [2.24, 2.45) is 5.16 Å². The van der Waals surface area contributed by atoms with E-state index < -0.39 is 0 Å². The number of halogens is 1. The number of aryl methyl sites for hydroxylation is 2. The van der Waals surface area contributed by atoms with Crippen LogP contribution in [0, 0.1) is 13.8 Å². The van der Waals surface area contributed by atoms with Crippen molar-refractivity contribution < 1.29 is 19.0 Å².